The minimum absolute atomic E-state index is 0.271. The number of benzene rings is 1. The van der Waals surface area contributed by atoms with Crippen molar-refractivity contribution in [2.24, 2.45) is 0 Å². The SMILES string of the molecule is Oc1ccc(CCNC(=S)Nc2ccc(Cl)cn2)cc1. The zero-order chi connectivity index (χ0) is 14.4. The minimum Gasteiger partial charge on any atom is -0.508 e. The van der Waals surface area contributed by atoms with Gasteiger partial charge in [0, 0.05) is 12.7 Å². The van der Waals surface area contributed by atoms with E-state index in [0.717, 1.165) is 12.0 Å². The standard InChI is InChI=1S/C14H14ClN3OS/c15-11-3-6-13(17-9-11)18-14(20)16-8-7-10-1-4-12(19)5-2-10/h1-6,9,19H,7-8H2,(H2,16,17,18,20). The summed E-state index contributed by atoms with van der Waals surface area (Å²) in [6.45, 7) is 0.699. The van der Waals surface area contributed by atoms with Crippen LogP contribution in [-0.4, -0.2) is 21.7 Å². The Morgan fingerprint density at radius 2 is 1.95 bits per heavy atom. The van der Waals surface area contributed by atoms with Gasteiger partial charge in [-0.3, -0.25) is 0 Å². The molecule has 0 atom stereocenters. The quantitative estimate of drug-likeness (QED) is 0.758. The molecule has 3 N–H and O–H groups in total. The lowest BCUT2D eigenvalue weighted by Gasteiger charge is -2.09. The maximum absolute atomic E-state index is 9.19. The molecular formula is C14H14ClN3OS. The number of anilines is 1. The average Bonchev–Trinajstić information content (AvgIpc) is 2.44. The average molecular weight is 308 g/mol. The molecule has 2 aromatic rings. The number of rotatable bonds is 4. The van der Waals surface area contributed by atoms with Gasteiger partial charge in [-0.05, 0) is 48.5 Å². The van der Waals surface area contributed by atoms with Crippen LogP contribution < -0.4 is 10.6 Å². The first kappa shape index (κ1) is 14.6. The Bertz CT molecular complexity index is 572. The summed E-state index contributed by atoms with van der Waals surface area (Å²) >= 11 is 10.9. The Kier molecular flexibility index (Phi) is 5.15. The van der Waals surface area contributed by atoms with Gasteiger partial charge in [-0.25, -0.2) is 4.98 Å². The number of thiocarbonyl (C=S) groups is 1. The number of hydrogen-bond donors (Lipinski definition) is 3. The Morgan fingerprint density at radius 3 is 2.60 bits per heavy atom. The largest absolute Gasteiger partial charge is 0.508 e. The second-order valence-corrected chi connectivity index (χ2v) is 5.00. The van der Waals surface area contributed by atoms with Gasteiger partial charge in [-0.15, -0.1) is 0 Å². The van der Waals surface area contributed by atoms with E-state index in [1.807, 2.05) is 12.1 Å². The maximum atomic E-state index is 9.19. The number of phenols is 1. The predicted octanol–water partition coefficient (Wildman–Crippen LogP) is 2.97. The molecular weight excluding hydrogens is 294 g/mol. The van der Waals surface area contributed by atoms with E-state index in [4.69, 9.17) is 23.8 Å². The Balaban J connectivity index is 1.75. The maximum Gasteiger partial charge on any atom is 0.171 e. The molecule has 1 heterocycles. The molecule has 0 saturated heterocycles. The highest BCUT2D eigenvalue weighted by Gasteiger charge is 1.99. The van der Waals surface area contributed by atoms with E-state index < -0.39 is 0 Å². The molecule has 0 aliphatic carbocycles. The molecule has 20 heavy (non-hydrogen) atoms. The zero-order valence-electron chi connectivity index (χ0n) is 10.6. The molecule has 0 amide bonds. The number of nitrogens with zero attached hydrogens (tertiary/aromatic N) is 1. The topological polar surface area (TPSA) is 57.2 Å². The van der Waals surface area contributed by atoms with Gasteiger partial charge in [0.15, 0.2) is 5.11 Å². The van der Waals surface area contributed by atoms with E-state index in [-0.39, 0.29) is 5.75 Å². The van der Waals surface area contributed by atoms with Crippen LogP contribution in [0.3, 0.4) is 0 Å². The molecule has 0 aliphatic rings. The van der Waals surface area contributed by atoms with Crippen LogP contribution in [0, 0.1) is 0 Å². The summed E-state index contributed by atoms with van der Waals surface area (Å²) in [5.74, 6) is 0.921. The van der Waals surface area contributed by atoms with Crippen molar-refractivity contribution in [2.75, 3.05) is 11.9 Å². The molecule has 0 fully saturated rings. The first-order valence-electron chi connectivity index (χ1n) is 6.08. The van der Waals surface area contributed by atoms with Crippen LogP contribution in [0.2, 0.25) is 5.02 Å². The number of aromatic nitrogens is 1. The van der Waals surface area contributed by atoms with Crippen LogP contribution in [0.15, 0.2) is 42.6 Å². The third kappa shape index (κ3) is 4.68. The lowest BCUT2D eigenvalue weighted by Crippen LogP contribution is -2.30. The number of phenolic OH excluding ortho intramolecular Hbond substituents is 1. The van der Waals surface area contributed by atoms with Gasteiger partial charge < -0.3 is 15.7 Å². The van der Waals surface area contributed by atoms with Crippen molar-refractivity contribution in [1.82, 2.24) is 10.3 Å². The van der Waals surface area contributed by atoms with Gasteiger partial charge >= 0.3 is 0 Å². The zero-order valence-corrected chi connectivity index (χ0v) is 12.2. The molecule has 0 unspecified atom stereocenters. The third-order valence-electron chi connectivity index (χ3n) is 2.60. The first-order valence-corrected chi connectivity index (χ1v) is 6.86. The molecule has 0 bridgehead atoms. The highest BCUT2D eigenvalue weighted by molar-refractivity contribution is 7.80. The Hall–Kier alpha value is -1.85. The highest BCUT2D eigenvalue weighted by atomic mass is 35.5. The lowest BCUT2D eigenvalue weighted by molar-refractivity contribution is 0.475. The molecule has 4 nitrogen and oxygen atoms in total. The Labute approximate surface area is 127 Å². The van der Waals surface area contributed by atoms with E-state index in [1.165, 1.54) is 0 Å². The lowest BCUT2D eigenvalue weighted by atomic mass is 10.1. The molecule has 0 radical (unpaired) electrons. The van der Waals surface area contributed by atoms with Crippen molar-refractivity contribution < 1.29 is 5.11 Å². The number of aromatic hydroxyl groups is 1. The van der Waals surface area contributed by atoms with E-state index in [2.05, 4.69) is 15.6 Å². The number of hydrogen-bond acceptors (Lipinski definition) is 3. The van der Waals surface area contributed by atoms with Crippen LogP contribution >= 0.6 is 23.8 Å². The second kappa shape index (κ2) is 7.07. The van der Waals surface area contributed by atoms with Crippen molar-refractivity contribution in [3.05, 3.63) is 53.2 Å². The van der Waals surface area contributed by atoms with Crippen LogP contribution in [0.1, 0.15) is 5.56 Å². The fourth-order valence-corrected chi connectivity index (χ4v) is 1.91. The molecule has 0 saturated carbocycles. The summed E-state index contributed by atoms with van der Waals surface area (Å²) in [6.07, 6.45) is 2.37. The van der Waals surface area contributed by atoms with Crippen LogP contribution in [0.5, 0.6) is 5.75 Å². The van der Waals surface area contributed by atoms with Crippen LogP contribution in [-0.2, 0) is 6.42 Å². The van der Waals surface area contributed by atoms with Crippen molar-refractivity contribution in [2.45, 2.75) is 6.42 Å². The summed E-state index contributed by atoms with van der Waals surface area (Å²) < 4.78 is 0. The highest BCUT2D eigenvalue weighted by Crippen LogP contribution is 2.10. The molecule has 1 aromatic carbocycles. The summed E-state index contributed by atoms with van der Waals surface area (Å²) in [6, 6.07) is 10.6. The molecule has 104 valence electrons. The van der Waals surface area contributed by atoms with Crippen molar-refractivity contribution >= 4 is 34.7 Å². The molecule has 1 aromatic heterocycles. The monoisotopic (exact) mass is 307 g/mol. The molecule has 2 rings (SSSR count). The molecule has 0 aliphatic heterocycles. The van der Waals surface area contributed by atoms with Gasteiger partial charge in [0.05, 0.1) is 5.02 Å². The number of halogens is 1. The second-order valence-electron chi connectivity index (χ2n) is 4.16. The van der Waals surface area contributed by atoms with Crippen molar-refractivity contribution in [3.8, 4) is 5.75 Å². The summed E-state index contributed by atoms with van der Waals surface area (Å²) in [5, 5.41) is 16.4. The van der Waals surface area contributed by atoms with E-state index >= 15 is 0 Å². The van der Waals surface area contributed by atoms with Gasteiger partial charge in [0.1, 0.15) is 11.6 Å². The fourth-order valence-electron chi connectivity index (χ4n) is 1.59. The molecule has 6 heteroatoms. The summed E-state index contributed by atoms with van der Waals surface area (Å²) in [5.41, 5.74) is 1.13. The van der Waals surface area contributed by atoms with Crippen LogP contribution in [0.25, 0.3) is 0 Å². The molecule has 0 spiro atoms. The predicted molar refractivity (Wildman–Crippen MR) is 85.3 cm³/mol. The number of pyridine rings is 1. The van der Waals surface area contributed by atoms with Gasteiger partial charge in [-0.2, -0.15) is 0 Å². The summed E-state index contributed by atoms with van der Waals surface area (Å²) in [4.78, 5) is 4.10. The smallest absolute Gasteiger partial charge is 0.171 e. The van der Waals surface area contributed by atoms with Crippen molar-refractivity contribution in [1.29, 1.82) is 0 Å². The van der Waals surface area contributed by atoms with Gasteiger partial charge in [0.25, 0.3) is 0 Å². The van der Waals surface area contributed by atoms with E-state index in [0.29, 0.717) is 22.5 Å². The van der Waals surface area contributed by atoms with Crippen LogP contribution in [0.4, 0.5) is 5.82 Å². The Morgan fingerprint density at radius 1 is 1.20 bits per heavy atom. The van der Waals surface area contributed by atoms with Crippen molar-refractivity contribution in [3.63, 3.8) is 0 Å². The normalized spacial score (nSPS) is 10.1. The number of nitrogens with one attached hydrogen (secondary N) is 2. The third-order valence-corrected chi connectivity index (χ3v) is 3.07. The fraction of sp³-hybridized carbons (Fsp3) is 0.143. The van der Waals surface area contributed by atoms with Gasteiger partial charge in [0.2, 0.25) is 0 Å². The summed E-state index contributed by atoms with van der Waals surface area (Å²) in [7, 11) is 0. The van der Waals surface area contributed by atoms with E-state index in [9.17, 15) is 5.11 Å². The minimum atomic E-state index is 0.271. The first-order chi connectivity index (χ1) is 9.63. The van der Waals surface area contributed by atoms with E-state index in [1.54, 1.807) is 30.5 Å². The van der Waals surface area contributed by atoms with Gasteiger partial charge in [-0.1, -0.05) is 23.7 Å².